The average molecular weight is 113 g/mol. The third kappa shape index (κ3) is 3.88. The summed E-state index contributed by atoms with van der Waals surface area (Å²) in [6, 6.07) is 0. The number of allylic oxidation sites excluding steroid dienone is 1. The summed E-state index contributed by atoms with van der Waals surface area (Å²) in [5.41, 5.74) is 0. The Morgan fingerprint density at radius 1 is 1.50 bits per heavy atom. The number of rotatable bonds is 3. The molecule has 0 aliphatic carbocycles. The van der Waals surface area contributed by atoms with Gasteiger partial charge in [0.1, 0.15) is 0 Å². The Morgan fingerprint density at radius 2 is 2.12 bits per heavy atom. The molecule has 0 radical (unpaired) electrons. The van der Waals surface area contributed by atoms with E-state index in [2.05, 4.69) is 31.0 Å². The van der Waals surface area contributed by atoms with Crippen LogP contribution >= 0.6 is 0 Å². The number of hydrogen-bond donors (Lipinski definition) is 0. The van der Waals surface area contributed by atoms with Gasteiger partial charge in [-0.05, 0) is 20.5 Å². The highest BCUT2D eigenvalue weighted by Crippen LogP contribution is 1.80. The van der Waals surface area contributed by atoms with Crippen molar-refractivity contribution >= 4 is 0 Å². The Labute approximate surface area is 52.0 Å². The first-order valence-electron chi connectivity index (χ1n) is 3.11. The van der Waals surface area contributed by atoms with E-state index in [1.807, 2.05) is 6.92 Å². The van der Waals surface area contributed by atoms with Gasteiger partial charge in [-0.1, -0.05) is 19.1 Å². The molecular formula is C7H15N. The molecule has 48 valence electrons. The zero-order chi connectivity index (χ0) is 6.41. The van der Waals surface area contributed by atoms with E-state index in [9.17, 15) is 0 Å². The summed E-state index contributed by atoms with van der Waals surface area (Å²) in [7, 11) is 2.11. The molecule has 0 N–H and O–H groups in total. The van der Waals surface area contributed by atoms with Gasteiger partial charge in [0.25, 0.3) is 0 Å². The maximum absolute atomic E-state index is 2.25. The van der Waals surface area contributed by atoms with Crippen LogP contribution in [0.25, 0.3) is 0 Å². The molecule has 0 unspecified atom stereocenters. The van der Waals surface area contributed by atoms with E-state index in [4.69, 9.17) is 0 Å². The Hall–Kier alpha value is -0.300. The van der Waals surface area contributed by atoms with Gasteiger partial charge in [-0.3, -0.25) is 0 Å². The topological polar surface area (TPSA) is 3.24 Å². The van der Waals surface area contributed by atoms with Gasteiger partial charge in [0.15, 0.2) is 0 Å². The van der Waals surface area contributed by atoms with Crippen LogP contribution in [-0.4, -0.2) is 25.0 Å². The summed E-state index contributed by atoms with van der Waals surface area (Å²) in [5, 5.41) is 0. The van der Waals surface area contributed by atoms with Crippen LogP contribution in [0.5, 0.6) is 0 Å². The highest BCUT2D eigenvalue weighted by Gasteiger charge is 1.84. The molecule has 0 aliphatic heterocycles. The van der Waals surface area contributed by atoms with Crippen molar-refractivity contribution in [3.05, 3.63) is 12.2 Å². The van der Waals surface area contributed by atoms with Crippen LogP contribution in [0.1, 0.15) is 13.8 Å². The van der Waals surface area contributed by atoms with Crippen LogP contribution < -0.4 is 0 Å². The van der Waals surface area contributed by atoms with E-state index in [0.717, 1.165) is 13.1 Å². The molecule has 0 aliphatic rings. The Balaban J connectivity index is 3.10. The van der Waals surface area contributed by atoms with Crippen molar-refractivity contribution in [3.8, 4) is 0 Å². The molecule has 0 aromatic heterocycles. The van der Waals surface area contributed by atoms with E-state index < -0.39 is 0 Å². The van der Waals surface area contributed by atoms with Gasteiger partial charge in [-0.25, -0.2) is 0 Å². The Bertz CT molecular complexity index is 66.8. The standard InChI is InChI=1S/C7H15N/c1-4-6-7-8(3)5-2/h4,6H,5,7H2,1-3H3/b6-4+. The molecule has 0 aromatic rings. The molecule has 0 amide bonds. The van der Waals surface area contributed by atoms with Crippen LogP contribution in [0, 0.1) is 0 Å². The predicted octanol–water partition coefficient (Wildman–Crippen LogP) is 1.51. The Kier molecular flexibility index (Phi) is 4.67. The smallest absolute Gasteiger partial charge is 0.0159 e. The maximum Gasteiger partial charge on any atom is 0.0159 e. The van der Waals surface area contributed by atoms with E-state index >= 15 is 0 Å². The number of hydrogen-bond acceptors (Lipinski definition) is 1. The van der Waals surface area contributed by atoms with Crippen LogP contribution in [0.4, 0.5) is 0 Å². The second-order valence-corrected chi connectivity index (χ2v) is 1.92. The molecule has 1 nitrogen and oxygen atoms in total. The van der Waals surface area contributed by atoms with Crippen LogP contribution in [0.2, 0.25) is 0 Å². The SMILES string of the molecule is C/C=C/CN(C)CC. The van der Waals surface area contributed by atoms with E-state index in [1.54, 1.807) is 0 Å². The second-order valence-electron chi connectivity index (χ2n) is 1.92. The summed E-state index contributed by atoms with van der Waals surface area (Å²) >= 11 is 0. The molecule has 0 fully saturated rings. The first kappa shape index (κ1) is 7.70. The highest BCUT2D eigenvalue weighted by atomic mass is 15.1. The predicted molar refractivity (Wildman–Crippen MR) is 38.0 cm³/mol. The van der Waals surface area contributed by atoms with Gasteiger partial charge in [0.2, 0.25) is 0 Å². The fourth-order valence-corrected chi connectivity index (χ4v) is 0.414. The zero-order valence-electron chi connectivity index (χ0n) is 6.02. The van der Waals surface area contributed by atoms with E-state index in [1.165, 1.54) is 0 Å². The highest BCUT2D eigenvalue weighted by molar-refractivity contribution is 4.79. The van der Waals surface area contributed by atoms with Crippen molar-refractivity contribution in [2.75, 3.05) is 20.1 Å². The molecule has 0 heterocycles. The summed E-state index contributed by atoms with van der Waals surface area (Å²) in [4.78, 5) is 2.25. The van der Waals surface area contributed by atoms with Gasteiger partial charge in [-0.15, -0.1) is 0 Å². The first-order valence-corrected chi connectivity index (χ1v) is 3.11. The molecule has 1 heteroatoms. The lowest BCUT2D eigenvalue weighted by atomic mass is 10.5. The van der Waals surface area contributed by atoms with E-state index in [-0.39, 0.29) is 0 Å². The van der Waals surface area contributed by atoms with Crippen molar-refractivity contribution < 1.29 is 0 Å². The maximum atomic E-state index is 2.25. The summed E-state index contributed by atoms with van der Waals surface area (Å²) in [6.07, 6.45) is 4.23. The average Bonchev–Trinajstić information content (AvgIpc) is 1.83. The lowest BCUT2D eigenvalue weighted by Gasteiger charge is -2.08. The third-order valence-electron chi connectivity index (χ3n) is 1.19. The van der Waals surface area contributed by atoms with Gasteiger partial charge in [0, 0.05) is 6.54 Å². The van der Waals surface area contributed by atoms with Gasteiger partial charge in [-0.2, -0.15) is 0 Å². The monoisotopic (exact) mass is 113 g/mol. The van der Waals surface area contributed by atoms with Gasteiger partial charge >= 0.3 is 0 Å². The molecule has 0 rings (SSSR count). The van der Waals surface area contributed by atoms with Crippen molar-refractivity contribution in [1.82, 2.24) is 4.90 Å². The molecule has 0 atom stereocenters. The molecule has 0 aromatic carbocycles. The lowest BCUT2D eigenvalue weighted by molar-refractivity contribution is 0.392. The molecular weight excluding hydrogens is 98.1 g/mol. The van der Waals surface area contributed by atoms with Crippen LogP contribution in [0.15, 0.2) is 12.2 Å². The minimum absolute atomic E-state index is 1.08. The first-order chi connectivity index (χ1) is 3.81. The fraction of sp³-hybridized carbons (Fsp3) is 0.714. The Morgan fingerprint density at radius 3 is 2.50 bits per heavy atom. The minimum Gasteiger partial charge on any atom is -0.303 e. The normalized spacial score (nSPS) is 11.5. The van der Waals surface area contributed by atoms with Crippen molar-refractivity contribution in [1.29, 1.82) is 0 Å². The molecule has 0 bridgehead atoms. The number of nitrogens with zero attached hydrogens (tertiary/aromatic N) is 1. The van der Waals surface area contributed by atoms with Crippen molar-refractivity contribution in [2.45, 2.75) is 13.8 Å². The summed E-state index contributed by atoms with van der Waals surface area (Å²) in [5.74, 6) is 0. The van der Waals surface area contributed by atoms with Crippen molar-refractivity contribution in [3.63, 3.8) is 0 Å². The lowest BCUT2D eigenvalue weighted by Crippen LogP contribution is -2.16. The van der Waals surface area contributed by atoms with Gasteiger partial charge < -0.3 is 4.90 Å². The molecule has 0 spiro atoms. The van der Waals surface area contributed by atoms with Gasteiger partial charge in [0.05, 0.1) is 0 Å². The minimum atomic E-state index is 1.08. The zero-order valence-corrected chi connectivity index (χ0v) is 6.02. The molecule has 8 heavy (non-hydrogen) atoms. The van der Waals surface area contributed by atoms with Crippen molar-refractivity contribution in [2.24, 2.45) is 0 Å². The van der Waals surface area contributed by atoms with Crippen LogP contribution in [0.3, 0.4) is 0 Å². The second kappa shape index (κ2) is 4.85. The summed E-state index contributed by atoms with van der Waals surface area (Å²) in [6.45, 7) is 6.41. The van der Waals surface area contributed by atoms with E-state index in [0.29, 0.717) is 0 Å². The van der Waals surface area contributed by atoms with Crippen LogP contribution in [-0.2, 0) is 0 Å². The quantitative estimate of drug-likeness (QED) is 0.501. The fourth-order valence-electron chi connectivity index (χ4n) is 0.414. The molecule has 0 saturated heterocycles. The third-order valence-corrected chi connectivity index (χ3v) is 1.19. The molecule has 0 saturated carbocycles. The largest absolute Gasteiger partial charge is 0.303 e. The number of likely N-dealkylation sites (N-methyl/N-ethyl adjacent to an activating group) is 1. The summed E-state index contributed by atoms with van der Waals surface area (Å²) < 4.78 is 0.